The fraction of sp³-hybridized carbons (Fsp3) is 0.200. The molecular formula is C15H15BrFNO3S. The minimum absolute atomic E-state index is 0.0521. The first-order chi connectivity index (χ1) is 10.3. The van der Waals surface area contributed by atoms with Crippen LogP contribution in [0, 0.1) is 12.7 Å². The van der Waals surface area contributed by atoms with Crippen molar-refractivity contribution in [3.05, 3.63) is 52.3 Å². The Morgan fingerprint density at radius 2 is 1.95 bits per heavy atom. The van der Waals surface area contributed by atoms with Crippen LogP contribution in [-0.4, -0.2) is 15.0 Å². The zero-order valence-electron chi connectivity index (χ0n) is 12.1. The second-order valence-electron chi connectivity index (χ2n) is 4.61. The smallest absolute Gasteiger partial charge is 0.265 e. The van der Waals surface area contributed by atoms with E-state index in [0.29, 0.717) is 16.6 Å². The molecule has 0 aliphatic heterocycles. The normalized spacial score (nSPS) is 11.3. The number of ether oxygens (including phenoxy) is 1. The second-order valence-corrected chi connectivity index (χ2v) is 7.18. The Labute approximate surface area is 137 Å². The van der Waals surface area contributed by atoms with E-state index in [2.05, 4.69) is 20.7 Å². The van der Waals surface area contributed by atoms with Crippen molar-refractivity contribution < 1.29 is 17.5 Å². The Hall–Kier alpha value is -1.60. The molecule has 2 aromatic rings. The van der Waals surface area contributed by atoms with E-state index in [1.54, 1.807) is 32.0 Å². The van der Waals surface area contributed by atoms with Gasteiger partial charge in [-0.2, -0.15) is 0 Å². The van der Waals surface area contributed by atoms with Gasteiger partial charge >= 0.3 is 0 Å². The summed E-state index contributed by atoms with van der Waals surface area (Å²) in [6, 6.07) is 8.93. The zero-order valence-corrected chi connectivity index (χ0v) is 14.5. The molecule has 2 rings (SSSR count). The molecule has 0 amide bonds. The van der Waals surface area contributed by atoms with Crippen molar-refractivity contribution in [1.82, 2.24) is 0 Å². The van der Waals surface area contributed by atoms with Gasteiger partial charge in [0, 0.05) is 4.47 Å². The summed E-state index contributed by atoms with van der Waals surface area (Å²) >= 11 is 3.23. The number of benzene rings is 2. The molecule has 0 radical (unpaired) electrons. The first-order valence-corrected chi connectivity index (χ1v) is 8.82. The monoisotopic (exact) mass is 387 g/mol. The van der Waals surface area contributed by atoms with E-state index in [9.17, 15) is 12.8 Å². The lowest BCUT2D eigenvalue weighted by molar-refractivity contribution is 0.331. The van der Waals surface area contributed by atoms with Crippen LogP contribution in [0.25, 0.3) is 0 Å². The lowest BCUT2D eigenvalue weighted by Crippen LogP contribution is -2.15. The molecule has 0 aliphatic carbocycles. The topological polar surface area (TPSA) is 55.4 Å². The van der Waals surface area contributed by atoms with Gasteiger partial charge in [-0.25, -0.2) is 12.8 Å². The van der Waals surface area contributed by atoms with Crippen LogP contribution in [0.15, 0.2) is 45.8 Å². The highest BCUT2D eigenvalue weighted by molar-refractivity contribution is 9.10. The van der Waals surface area contributed by atoms with Crippen LogP contribution in [0.5, 0.6) is 5.75 Å². The van der Waals surface area contributed by atoms with Gasteiger partial charge in [-0.1, -0.05) is 22.0 Å². The quantitative estimate of drug-likeness (QED) is 0.839. The summed E-state index contributed by atoms with van der Waals surface area (Å²) in [5.74, 6) is -0.415. The molecule has 118 valence electrons. The third kappa shape index (κ3) is 3.78. The van der Waals surface area contributed by atoms with Crippen LogP contribution in [0.4, 0.5) is 10.1 Å². The van der Waals surface area contributed by atoms with Crippen LogP contribution >= 0.6 is 15.9 Å². The van der Waals surface area contributed by atoms with Crippen molar-refractivity contribution >= 4 is 31.6 Å². The van der Waals surface area contributed by atoms with E-state index in [4.69, 9.17) is 4.74 Å². The summed E-state index contributed by atoms with van der Waals surface area (Å²) in [5.41, 5.74) is 0.603. The number of anilines is 1. The van der Waals surface area contributed by atoms with E-state index in [1.807, 2.05) is 0 Å². The molecule has 0 bridgehead atoms. The van der Waals surface area contributed by atoms with Gasteiger partial charge in [0.25, 0.3) is 10.0 Å². The minimum atomic E-state index is -3.97. The summed E-state index contributed by atoms with van der Waals surface area (Å²) < 4.78 is 47.0. The molecule has 0 saturated carbocycles. The Morgan fingerprint density at radius 3 is 2.59 bits per heavy atom. The summed E-state index contributed by atoms with van der Waals surface area (Å²) in [4.78, 5) is -0.0521. The highest BCUT2D eigenvalue weighted by Crippen LogP contribution is 2.29. The largest absolute Gasteiger partial charge is 0.492 e. The molecule has 0 atom stereocenters. The minimum Gasteiger partial charge on any atom is -0.492 e. The molecule has 2 aromatic carbocycles. The van der Waals surface area contributed by atoms with Gasteiger partial charge in [-0.05, 0) is 49.7 Å². The van der Waals surface area contributed by atoms with Gasteiger partial charge in [0.15, 0.2) is 0 Å². The highest BCUT2D eigenvalue weighted by atomic mass is 79.9. The van der Waals surface area contributed by atoms with Crippen LogP contribution < -0.4 is 9.46 Å². The van der Waals surface area contributed by atoms with Gasteiger partial charge in [0.1, 0.15) is 16.5 Å². The number of rotatable bonds is 5. The van der Waals surface area contributed by atoms with Gasteiger partial charge in [-0.3, -0.25) is 4.72 Å². The lowest BCUT2D eigenvalue weighted by Gasteiger charge is -2.13. The van der Waals surface area contributed by atoms with Gasteiger partial charge in [0.2, 0.25) is 0 Å². The van der Waals surface area contributed by atoms with Gasteiger partial charge < -0.3 is 4.74 Å². The molecular weight excluding hydrogens is 373 g/mol. The fourth-order valence-electron chi connectivity index (χ4n) is 1.87. The van der Waals surface area contributed by atoms with Crippen LogP contribution in [-0.2, 0) is 10.0 Å². The van der Waals surface area contributed by atoms with Crippen LogP contribution in [0.1, 0.15) is 12.5 Å². The Balaban J connectivity index is 2.44. The molecule has 22 heavy (non-hydrogen) atoms. The zero-order chi connectivity index (χ0) is 16.3. The first-order valence-electron chi connectivity index (χ1n) is 6.55. The molecule has 7 heteroatoms. The summed E-state index contributed by atoms with van der Waals surface area (Å²) in [6.07, 6.45) is 0. The SMILES string of the molecule is CCOc1ccc(Br)cc1S(=O)(=O)Nc1ccc(C)cc1F. The molecule has 0 spiro atoms. The second kappa shape index (κ2) is 6.66. The number of nitrogens with one attached hydrogen (secondary N) is 1. The number of hydrogen-bond acceptors (Lipinski definition) is 3. The number of aryl methyl sites for hydroxylation is 1. The lowest BCUT2D eigenvalue weighted by atomic mass is 10.2. The molecule has 0 unspecified atom stereocenters. The fourth-order valence-corrected chi connectivity index (χ4v) is 3.62. The predicted molar refractivity (Wildman–Crippen MR) is 87.3 cm³/mol. The van der Waals surface area contributed by atoms with E-state index in [-0.39, 0.29) is 16.3 Å². The average molecular weight is 388 g/mol. The van der Waals surface area contributed by atoms with Crippen molar-refractivity contribution in [2.75, 3.05) is 11.3 Å². The van der Waals surface area contributed by atoms with E-state index in [1.165, 1.54) is 18.2 Å². The Bertz CT molecular complexity index is 793. The van der Waals surface area contributed by atoms with Crippen molar-refractivity contribution in [3.8, 4) is 5.75 Å². The van der Waals surface area contributed by atoms with E-state index in [0.717, 1.165) is 0 Å². The summed E-state index contributed by atoms with van der Waals surface area (Å²) in [6.45, 7) is 3.80. The molecule has 0 aliphatic rings. The average Bonchev–Trinajstić information content (AvgIpc) is 2.44. The van der Waals surface area contributed by atoms with Crippen molar-refractivity contribution in [3.63, 3.8) is 0 Å². The Morgan fingerprint density at radius 1 is 1.23 bits per heavy atom. The number of sulfonamides is 1. The van der Waals surface area contributed by atoms with Gasteiger partial charge in [-0.15, -0.1) is 0 Å². The number of hydrogen-bond donors (Lipinski definition) is 1. The molecule has 4 nitrogen and oxygen atoms in total. The predicted octanol–water partition coefficient (Wildman–Crippen LogP) is 4.10. The molecule has 0 fully saturated rings. The van der Waals surface area contributed by atoms with Crippen molar-refractivity contribution in [2.24, 2.45) is 0 Å². The molecule has 0 aromatic heterocycles. The van der Waals surface area contributed by atoms with E-state index < -0.39 is 15.8 Å². The van der Waals surface area contributed by atoms with Crippen LogP contribution in [0.3, 0.4) is 0 Å². The maximum atomic E-state index is 13.9. The summed E-state index contributed by atoms with van der Waals surface area (Å²) in [5, 5.41) is 0. The molecule has 0 heterocycles. The van der Waals surface area contributed by atoms with Gasteiger partial charge in [0.05, 0.1) is 12.3 Å². The van der Waals surface area contributed by atoms with Crippen LogP contribution in [0.2, 0.25) is 0 Å². The van der Waals surface area contributed by atoms with Crippen molar-refractivity contribution in [1.29, 1.82) is 0 Å². The standard InChI is InChI=1S/C15H15BrFNO3S/c1-3-21-14-7-5-11(16)9-15(14)22(19,20)18-13-6-4-10(2)8-12(13)17/h4-9,18H,3H2,1-2H3. The molecule has 1 N–H and O–H groups in total. The van der Waals surface area contributed by atoms with E-state index >= 15 is 0 Å². The Kier molecular flexibility index (Phi) is 5.08. The highest BCUT2D eigenvalue weighted by Gasteiger charge is 2.21. The summed E-state index contributed by atoms with van der Waals surface area (Å²) in [7, 11) is -3.97. The maximum absolute atomic E-state index is 13.9. The third-order valence-electron chi connectivity index (χ3n) is 2.86. The van der Waals surface area contributed by atoms with Crippen molar-refractivity contribution in [2.45, 2.75) is 18.7 Å². The number of halogens is 2. The maximum Gasteiger partial charge on any atom is 0.265 e. The molecule has 0 saturated heterocycles. The first kappa shape index (κ1) is 16.8. The third-order valence-corrected chi connectivity index (χ3v) is 4.74.